The molecule has 3 rings (SSSR count). The number of nitrogens with zero attached hydrogens (tertiary/aromatic N) is 2. The summed E-state index contributed by atoms with van der Waals surface area (Å²) in [4.78, 5) is 40.3. The van der Waals surface area contributed by atoms with Gasteiger partial charge in [-0.3, -0.25) is 19.3 Å². The summed E-state index contributed by atoms with van der Waals surface area (Å²) in [5, 5.41) is 2.89. The summed E-state index contributed by atoms with van der Waals surface area (Å²) in [7, 11) is 0. The number of amides is 2. The molecule has 1 fully saturated rings. The molecule has 1 aliphatic heterocycles. The second-order valence-corrected chi connectivity index (χ2v) is 6.99. The third-order valence-electron chi connectivity index (χ3n) is 5.11. The van der Waals surface area contributed by atoms with E-state index in [1.165, 1.54) is 6.92 Å². The van der Waals surface area contributed by atoms with E-state index >= 15 is 0 Å². The normalized spacial score (nSPS) is 15.7. The van der Waals surface area contributed by atoms with Crippen molar-refractivity contribution in [2.75, 3.05) is 31.5 Å². The van der Waals surface area contributed by atoms with Gasteiger partial charge in [-0.2, -0.15) is 0 Å². The summed E-state index contributed by atoms with van der Waals surface area (Å²) in [5.74, 6) is -0.0736. The van der Waals surface area contributed by atoms with Gasteiger partial charge in [0, 0.05) is 43.0 Å². The lowest BCUT2D eigenvalue weighted by Gasteiger charge is -2.37. The van der Waals surface area contributed by atoms with Crippen LogP contribution in [0.15, 0.2) is 54.6 Å². The van der Waals surface area contributed by atoms with E-state index in [-0.39, 0.29) is 23.6 Å². The van der Waals surface area contributed by atoms with Crippen LogP contribution in [0, 0.1) is 0 Å². The maximum absolute atomic E-state index is 12.6. The molecule has 0 unspecified atom stereocenters. The van der Waals surface area contributed by atoms with Gasteiger partial charge in [0.25, 0.3) is 5.91 Å². The van der Waals surface area contributed by atoms with Gasteiger partial charge in [-0.1, -0.05) is 18.2 Å². The van der Waals surface area contributed by atoms with Gasteiger partial charge in [-0.25, -0.2) is 0 Å². The second kappa shape index (κ2) is 8.80. The standard InChI is InChI=1S/C22H25N3O3/c1-16(21(27)23-20-10-8-18(9-11-20)17(2)26)24-12-14-25(15-13-24)22(28)19-6-4-3-5-7-19/h3-11,16H,12-15H2,1-2H3,(H,23,27)/t16-/m0/s1. The predicted octanol–water partition coefficient (Wildman–Crippen LogP) is 2.67. The number of piperazine rings is 1. The van der Waals surface area contributed by atoms with Gasteiger partial charge in [0.1, 0.15) is 0 Å². The van der Waals surface area contributed by atoms with Crippen molar-refractivity contribution in [3.8, 4) is 0 Å². The number of Topliss-reactive ketones (excluding diaryl/α,β-unsaturated/α-hetero) is 1. The van der Waals surface area contributed by atoms with E-state index in [0.29, 0.717) is 43.0 Å². The number of carbonyl (C=O) groups is 3. The van der Waals surface area contributed by atoms with Crippen molar-refractivity contribution >= 4 is 23.3 Å². The Hall–Kier alpha value is -2.99. The van der Waals surface area contributed by atoms with Crippen LogP contribution in [0.3, 0.4) is 0 Å². The lowest BCUT2D eigenvalue weighted by atomic mass is 10.1. The molecule has 6 nitrogen and oxygen atoms in total. The van der Waals surface area contributed by atoms with Crippen molar-refractivity contribution in [2.45, 2.75) is 19.9 Å². The van der Waals surface area contributed by atoms with Crippen LogP contribution in [-0.4, -0.2) is 59.6 Å². The quantitative estimate of drug-likeness (QED) is 0.811. The minimum atomic E-state index is -0.304. The van der Waals surface area contributed by atoms with Crippen LogP contribution in [0.4, 0.5) is 5.69 Å². The number of hydrogen-bond donors (Lipinski definition) is 1. The zero-order valence-corrected chi connectivity index (χ0v) is 16.2. The maximum Gasteiger partial charge on any atom is 0.253 e. The van der Waals surface area contributed by atoms with Gasteiger partial charge >= 0.3 is 0 Å². The van der Waals surface area contributed by atoms with E-state index in [9.17, 15) is 14.4 Å². The molecule has 0 saturated carbocycles. The molecule has 0 aromatic heterocycles. The first kappa shape index (κ1) is 19.8. The van der Waals surface area contributed by atoms with E-state index in [0.717, 1.165) is 0 Å². The van der Waals surface area contributed by atoms with Gasteiger partial charge < -0.3 is 10.2 Å². The third kappa shape index (κ3) is 4.64. The van der Waals surface area contributed by atoms with E-state index < -0.39 is 0 Å². The first-order valence-corrected chi connectivity index (χ1v) is 9.46. The molecule has 2 amide bonds. The van der Waals surface area contributed by atoms with Crippen LogP contribution in [0.5, 0.6) is 0 Å². The van der Waals surface area contributed by atoms with Crippen LogP contribution in [0.1, 0.15) is 34.6 Å². The Bertz CT molecular complexity index is 841. The molecule has 146 valence electrons. The largest absolute Gasteiger partial charge is 0.336 e. The van der Waals surface area contributed by atoms with Gasteiger partial charge in [0.2, 0.25) is 5.91 Å². The lowest BCUT2D eigenvalue weighted by molar-refractivity contribution is -0.121. The van der Waals surface area contributed by atoms with Crippen molar-refractivity contribution in [2.24, 2.45) is 0 Å². The smallest absolute Gasteiger partial charge is 0.253 e. The number of nitrogens with one attached hydrogen (secondary N) is 1. The first-order chi connectivity index (χ1) is 13.5. The molecule has 0 bridgehead atoms. The minimum Gasteiger partial charge on any atom is -0.336 e. The maximum atomic E-state index is 12.6. The highest BCUT2D eigenvalue weighted by Gasteiger charge is 2.27. The zero-order chi connectivity index (χ0) is 20.1. The fourth-order valence-electron chi connectivity index (χ4n) is 3.28. The second-order valence-electron chi connectivity index (χ2n) is 6.99. The summed E-state index contributed by atoms with van der Waals surface area (Å²) < 4.78 is 0. The van der Waals surface area contributed by atoms with E-state index in [4.69, 9.17) is 0 Å². The number of rotatable bonds is 5. The highest BCUT2D eigenvalue weighted by Crippen LogP contribution is 2.14. The van der Waals surface area contributed by atoms with Crippen LogP contribution in [0.25, 0.3) is 0 Å². The monoisotopic (exact) mass is 379 g/mol. The van der Waals surface area contributed by atoms with Crippen LogP contribution in [0.2, 0.25) is 0 Å². The molecule has 2 aromatic rings. The van der Waals surface area contributed by atoms with Crippen molar-refractivity contribution in [1.29, 1.82) is 0 Å². The number of hydrogen-bond acceptors (Lipinski definition) is 4. The number of carbonyl (C=O) groups excluding carboxylic acids is 3. The van der Waals surface area contributed by atoms with Gasteiger partial charge in [-0.15, -0.1) is 0 Å². The van der Waals surface area contributed by atoms with Crippen molar-refractivity contribution in [1.82, 2.24) is 9.80 Å². The molecule has 6 heteroatoms. The SMILES string of the molecule is CC(=O)c1ccc(NC(=O)[C@H](C)N2CCN(C(=O)c3ccccc3)CC2)cc1. The molecule has 0 radical (unpaired) electrons. The van der Waals surface area contributed by atoms with E-state index in [1.54, 1.807) is 24.3 Å². The van der Waals surface area contributed by atoms with Gasteiger partial charge in [-0.05, 0) is 50.2 Å². The van der Waals surface area contributed by atoms with E-state index in [1.807, 2.05) is 42.2 Å². The number of anilines is 1. The highest BCUT2D eigenvalue weighted by molar-refractivity contribution is 5.97. The molecular weight excluding hydrogens is 354 g/mol. The predicted molar refractivity (Wildman–Crippen MR) is 108 cm³/mol. The van der Waals surface area contributed by atoms with E-state index in [2.05, 4.69) is 10.2 Å². The van der Waals surface area contributed by atoms with Gasteiger partial charge in [0.05, 0.1) is 6.04 Å². The first-order valence-electron chi connectivity index (χ1n) is 9.46. The molecule has 1 atom stereocenters. The average Bonchev–Trinajstić information content (AvgIpc) is 2.73. The molecule has 1 aliphatic rings. The van der Waals surface area contributed by atoms with Gasteiger partial charge in [0.15, 0.2) is 5.78 Å². The third-order valence-corrected chi connectivity index (χ3v) is 5.11. The Balaban J connectivity index is 1.53. The van der Waals surface area contributed by atoms with Crippen LogP contribution < -0.4 is 5.32 Å². The van der Waals surface area contributed by atoms with Crippen molar-refractivity contribution in [3.63, 3.8) is 0 Å². The molecule has 1 N–H and O–H groups in total. The molecule has 28 heavy (non-hydrogen) atoms. The number of ketones is 1. The minimum absolute atomic E-state index is 0.00540. The molecule has 1 saturated heterocycles. The lowest BCUT2D eigenvalue weighted by Crippen LogP contribution is -2.54. The summed E-state index contributed by atoms with van der Waals surface area (Å²) in [6.07, 6.45) is 0. The highest BCUT2D eigenvalue weighted by atomic mass is 16.2. The Morgan fingerprint density at radius 2 is 1.46 bits per heavy atom. The average molecular weight is 379 g/mol. The molecule has 0 spiro atoms. The summed E-state index contributed by atoms with van der Waals surface area (Å²) >= 11 is 0. The topological polar surface area (TPSA) is 69.7 Å². The summed E-state index contributed by atoms with van der Waals surface area (Å²) in [6, 6.07) is 15.8. The van der Waals surface area contributed by atoms with Crippen LogP contribution >= 0.6 is 0 Å². The fourth-order valence-corrected chi connectivity index (χ4v) is 3.28. The zero-order valence-electron chi connectivity index (χ0n) is 16.2. The molecule has 2 aromatic carbocycles. The Morgan fingerprint density at radius 1 is 0.857 bits per heavy atom. The summed E-state index contributed by atoms with van der Waals surface area (Å²) in [5.41, 5.74) is 1.97. The van der Waals surface area contributed by atoms with Crippen molar-refractivity contribution in [3.05, 3.63) is 65.7 Å². The molecule has 0 aliphatic carbocycles. The summed E-state index contributed by atoms with van der Waals surface area (Å²) in [6.45, 7) is 5.87. The molecule has 1 heterocycles. The van der Waals surface area contributed by atoms with Crippen LogP contribution in [-0.2, 0) is 4.79 Å². The fraction of sp³-hybridized carbons (Fsp3) is 0.318. The Kier molecular flexibility index (Phi) is 6.21. The Morgan fingerprint density at radius 3 is 2.04 bits per heavy atom. The molecular formula is C22H25N3O3. The number of benzene rings is 2. The van der Waals surface area contributed by atoms with Crippen molar-refractivity contribution < 1.29 is 14.4 Å². The Labute approximate surface area is 165 Å².